The number of carbonyl (C=O) groups is 1. The van der Waals surface area contributed by atoms with Gasteiger partial charge in [0, 0.05) is 5.56 Å². The van der Waals surface area contributed by atoms with Crippen LogP contribution in [0.5, 0.6) is 5.75 Å². The molecule has 4 heteroatoms. The van der Waals surface area contributed by atoms with Gasteiger partial charge in [-0.25, -0.2) is 0 Å². The van der Waals surface area contributed by atoms with Crippen molar-refractivity contribution in [3.8, 4) is 5.75 Å². The molecule has 0 unspecified atom stereocenters. The van der Waals surface area contributed by atoms with Crippen LogP contribution < -0.4 is 0 Å². The molecule has 0 radical (unpaired) electrons. The van der Waals surface area contributed by atoms with Crippen LogP contribution in [0.25, 0.3) is 0 Å². The predicted molar refractivity (Wildman–Crippen MR) is 63.7 cm³/mol. The van der Waals surface area contributed by atoms with Gasteiger partial charge in [-0.2, -0.15) is 0 Å². The van der Waals surface area contributed by atoms with Crippen molar-refractivity contribution in [1.82, 2.24) is 4.90 Å². The van der Waals surface area contributed by atoms with Crippen molar-refractivity contribution in [3.63, 3.8) is 0 Å². The Balaban J connectivity index is 2.86. The lowest BCUT2D eigenvalue weighted by Crippen LogP contribution is -2.21. The van der Waals surface area contributed by atoms with Crippen molar-refractivity contribution >= 4 is 28.4 Å². The van der Waals surface area contributed by atoms with Crippen LogP contribution >= 0.6 is 22.6 Å². The van der Waals surface area contributed by atoms with Crippen molar-refractivity contribution in [3.05, 3.63) is 27.3 Å². The lowest BCUT2D eigenvalue weighted by atomic mass is 10.1. The van der Waals surface area contributed by atoms with Gasteiger partial charge in [-0.1, -0.05) is 0 Å². The zero-order valence-electron chi connectivity index (χ0n) is 8.12. The number of phenols is 1. The van der Waals surface area contributed by atoms with Crippen LogP contribution in [0.3, 0.4) is 0 Å². The fourth-order valence-electron chi connectivity index (χ4n) is 1.06. The zero-order valence-corrected chi connectivity index (χ0v) is 10.3. The van der Waals surface area contributed by atoms with E-state index >= 15 is 0 Å². The number of phenolic OH excluding ortho intramolecular Hbond substituents is 1. The summed E-state index contributed by atoms with van der Waals surface area (Å²) in [5, 5.41) is 9.28. The molecule has 0 bridgehead atoms. The number of rotatable bonds is 3. The average Bonchev–Trinajstić information content (AvgIpc) is 2.08. The zero-order chi connectivity index (χ0) is 10.7. The van der Waals surface area contributed by atoms with Crippen LogP contribution in [0.4, 0.5) is 0 Å². The molecule has 3 nitrogen and oxygen atoms in total. The van der Waals surface area contributed by atoms with Crippen LogP contribution in [0, 0.1) is 3.57 Å². The van der Waals surface area contributed by atoms with E-state index in [9.17, 15) is 9.90 Å². The highest BCUT2D eigenvalue weighted by Crippen LogP contribution is 2.20. The molecular formula is C10H12INO2. The summed E-state index contributed by atoms with van der Waals surface area (Å²) in [7, 11) is 3.70. The first-order valence-electron chi connectivity index (χ1n) is 4.17. The second kappa shape index (κ2) is 4.75. The molecule has 0 spiro atoms. The summed E-state index contributed by atoms with van der Waals surface area (Å²) in [6.45, 7) is 0.390. The molecule has 0 aromatic heterocycles. The van der Waals surface area contributed by atoms with E-state index < -0.39 is 0 Å². The second-order valence-electron chi connectivity index (χ2n) is 3.33. The molecule has 14 heavy (non-hydrogen) atoms. The van der Waals surface area contributed by atoms with Crippen molar-refractivity contribution in [2.75, 3.05) is 20.6 Å². The minimum atomic E-state index is 0.0629. The normalized spacial score (nSPS) is 10.6. The minimum absolute atomic E-state index is 0.0629. The Labute approximate surface area is 96.9 Å². The fraction of sp³-hybridized carbons (Fsp3) is 0.300. The van der Waals surface area contributed by atoms with E-state index in [2.05, 4.69) is 0 Å². The summed E-state index contributed by atoms with van der Waals surface area (Å²) in [6, 6.07) is 4.88. The van der Waals surface area contributed by atoms with Crippen LogP contribution in [-0.2, 0) is 0 Å². The maximum atomic E-state index is 11.6. The molecule has 1 aromatic rings. The average molecular weight is 305 g/mol. The van der Waals surface area contributed by atoms with Gasteiger partial charge >= 0.3 is 0 Å². The van der Waals surface area contributed by atoms with Crippen LogP contribution in [-0.4, -0.2) is 36.4 Å². The highest BCUT2D eigenvalue weighted by atomic mass is 127. The van der Waals surface area contributed by atoms with Gasteiger partial charge in [-0.3, -0.25) is 4.79 Å². The summed E-state index contributed by atoms with van der Waals surface area (Å²) < 4.78 is 0.701. The first-order chi connectivity index (χ1) is 6.50. The van der Waals surface area contributed by atoms with Crippen LogP contribution in [0.15, 0.2) is 18.2 Å². The van der Waals surface area contributed by atoms with E-state index in [1.807, 2.05) is 41.6 Å². The number of hydrogen-bond acceptors (Lipinski definition) is 3. The highest BCUT2D eigenvalue weighted by Gasteiger charge is 2.08. The van der Waals surface area contributed by atoms with Gasteiger partial charge in [-0.05, 0) is 54.9 Å². The monoisotopic (exact) mass is 305 g/mol. The van der Waals surface area contributed by atoms with Crippen molar-refractivity contribution in [1.29, 1.82) is 0 Å². The smallest absolute Gasteiger partial charge is 0.176 e. The van der Waals surface area contributed by atoms with Gasteiger partial charge in [0.1, 0.15) is 5.75 Å². The van der Waals surface area contributed by atoms with Gasteiger partial charge < -0.3 is 10.0 Å². The topological polar surface area (TPSA) is 40.5 Å². The maximum absolute atomic E-state index is 11.6. The molecular weight excluding hydrogens is 293 g/mol. The molecule has 0 saturated carbocycles. The third-order valence-electron chi connectivity index (χ3n) is 1.73. The second-order valence-corrected chi connectivity index (χ2v) is 4.49. The molecule has 0 atom stereocenters. The molecule has 0 amide bonds. The Morgan fingerprint density at radius 2 is 2.14 bits per heavy atom. The van der Waals surface area contributed by atoms with E-state index in [4.69, 9.17) is 0 Å². The Morgan fingerprint density at radius 3 is 2.64 bits per heavy atom. The van der Waals surface area contributed by atoms with Crippen molar-refractivity contribution in [2.45, 2.75) is 0 Å². The van der Waals surface area contributed by atoms with E-state index in [0.29, 0.717) is 15.7 Å². The van der Waals surface area contributed by atoms with Crippen molar-refractivity contribution < 1.29 is 9.90 Å². The molecule has 0 aliphatic carbocycles. The number of nitrogens with zero attached hydrogens (tertiary/aromatic N) is 1. The maximum Gasteiger partial charge on any atom is 0.176 e. The van der Waals surface area contributed by atoms with E-state index in [0.717, 1.165) is 0 Å². The van der Waals surface area contributed by atoms with Gasteiger partial charge in [0.25, 0.3) is 0 Å². The van der Waals surface area contributed by atoms with Gasteiger partial charge in [0.15, 0.2) is 5.78 Å². The van der Waals surface area contributed by atoms with Gasteiger partial charge in [0.2, 0.25) is 0 Å². The number of likely N-dealkylation sites (N-methyl/N-ethyl adjacent to an activating group) is 1. The molecule has 1 rings (SSSR count). The third kappa shape index (κ3) is 2.95. The number of aromatic hydroxyl groups is 1. The first-order valence-corrected chi connectivity index (χ1v) is 5.25. The van der Waals surface area contributed by atoms with E-state index in [1.165, 1.54) is 0 Å². The van der Waals surface area contributed by atoms with E-state index in [1.54, 1.807) is 18.2 Å². The lowest BCUT2D eigenvalue weighted by molar-refractivity contribution is 0.0958. The number of carbonyl (C=O) groups excluding carboxylic acids is 1. The van der Waals surface area contributed by atoms with Crippen LogP contribution in [0.1, 0.15) is 10.4 Å². The minimum Gasteiger partial charge on any atom is -0.507 e. The summed E-state index contributed by atoms with van der Waals surface area (Å²) in [5.74, 6) is 0.278. The van der Waals surface area contributed by atoms with Gasteiger partial charge in [-0.15, -0.1) is 0 Å². The number of benzene rings is 1. The quantitative estimate of drug-likeness (QED) is 0.683. The van der Waals surface area contributed by atoms with Crippen molar-refractivity contribution in [2.24, 2.45) is 0 Å². The number of halogens is 1. The largest absolute Gasteiger partial charge is 0.507 e. The molecule has 0 saturated heterocycles. The van der Waals surface area contributed by atoms with Gasteiger partial charge in [0.05, 0.1) is 10.1 Å². The molecule has 1 aromatic carbocycles. The Morgan fingerprint density at radius 1 is 1.50 bits per heavy atom. The number of ketones is 1. The van der Waals surface area contributed by atoms with Crippen LogP contribution in [0.2, 0.25) is 0 Å². The number of hydrogen-bond donors (Lipinski definition) is 1. The Bertz CT molecular complexity index is 350. The Hall–Kier alpha value is -0.620. The molecule has 0 aliphatic rings. The third-order valence-corrected chi connectivity index (χ3v) is 2.59. The molecule has 0 heterocycles. The lowest BCUT2D eigenvalue weighted by Gasteiger charge is -2.08. The Kier molecular flexibility index (Phi) is 3.88. The van der Waals surface area contributed by atoms with E-state index in [-0.39, 0.29) is 11.5 Å². The fourth-order valence-corrected chi connectivity index (χ4v) is 1.57. The molecule has 0 fully saturated rings. The summed E-state index contributed by atoms with van der Waals surface area (Å²) in [5.41, 5.74) is 0.640. The summed E-state index contributed by atoms with van der Waals surface area (Å²) in [6.07, 6.45) is 0. The highest BCUT2D eigenvalue weighted by molar-refractivity contribution is 14.1. The molecule has 76 valence electrons. The number of Topliss-reactive ketones (excluding diaryl/α,β-unsaturated/α-hetero) is 1. The molecule has 0 aliphatic heterocycles. The predicted octanol–water partition coefficient (Wildman–Crippen LogP) is 1.74. The SMILES string of the molecule is CN(C)CC(=O)c1ccc(O)c(I)c1. The summed E-state index contributed by atoms with van der Waals surface area (Å²) in [4.78, 5) is 13.4. The first kappa shape index (κ1) is 11.5. The summed E-state index contributed by atoms with van der Waals surface area (Å²) >= 11 is 2.00. The standard InChI is InChI=1S/C10H12INO2/c1-12(2)6-10(14)7-3-4-9(13)8(11)5-7/h3-5,13H,6H2,1-2H3. The molecule has 1 N–H and O–H groups in total.